The van der Waals surface area contributed by atoms with Gasteiger partial charge in [-0.15, -0.1) is 0 Å². The lowest BCUT2D eigenvalue weighted by Crippen LogP contribution is -2.24. The Bertz CT molecular complexity index is 815. The molecule has 0 aliphatic heterocycles. The van der Waals surface area contributed by atoms with E-state index in [-0.39, 0.29) is 24.2 Å². The zero-order valence-electron chi connectivity index (χ0n) is 15.8. The maximum atomic E-state index is 12.3. The molecule has 0 bridgehead atoms. The van der Waals surface area contributed by atoms with Gasteiger partial charge in [-0.05, 0) is 49.2 Å². The van der Waals surface area contributed by atoms with Crippen LogP contribution in [0.3, 0.4) is 0 Å². The van der Waals surface area contributed by atoms with E-state index < -0.39 is 0 Å². The minimum atomic E-state index is -0.317. The topological polar surface area (TPSA) is 67.9 Å². The highest BCUT2D eigenvalue weighted by atomic mass is 16.5. The molecule has 6 heteroatoms. The van der Waals surface area contributed by atoms with Crippen molar-refractivity contribution in [1.29, 1.82) is 0 Å². The van der Waals surface area contributed by atoms with Crippen molar-refractivity contribution in [2.45, 2.75) is 13.8 Å². The van der Waals surface area contributed by atoms with Gasteiger partial charge in [0.25, 0.3) is 11.8 Å². The van der Waals surface area contributed by atoms with Crippen molar-refractivity contribution in [3.05, 3.63) is 53.1 Å². The van der Waals surface area contributed by atoms with Crippen LogP contribution in [-0.4, -0.2) is 44.5 Å². The number of carbonyl (C=O) groups excluding carboxylic acids is 2. The van der Waals surface area contributed by atoms with Crippen LogP contribution in [-0.2, 0) is 4.79 Å². The van der Waals surface area contributed by atoms with E-state index in [1.807, 2.05) is 32.0 Å². The third-order valence-corrected chi connectivity index (χ3v) is 3.97. The van der Waals surface area contributed by atoms with E-state index in [1.54, 1.807) is 32.3 Å². The van der Waals surface area contributed by atoms with Crippen LogP contribution in [0.5, 0.6) is 11.5 Å². The zero-order valence-corrected chi connectivity index (χ0v) is 15.8. The smallest absolute Gasteiger partial charge is 0.262 e. The number of amides is 2. The minimum Gasteiger partial charge on any atom is -0.493 e. The molecule has 0 saturated carbocycles. The van der Waals surface area contributed by atoms with Gasteiger partial charge in [-0.25, -0.2) is 0 Å². The van der Waals surface area contributed by atoms with Gasteiger partial charge in [-0.2, -0.15) is 0 Å². The van der Waals surface area contributed by atoms with E-state index in [4.69, 9.17) is 9.47 Å². The highest BCUT2D eigenvalue weighted by Crippen LogP contribution is 2.31. The van der Waals surface area contributed by atoms with E-state index in [2.05, 4.69) is 5.32 Å². The molecule has 0 aromatic heterocycles. The summed E-state index contributed by atoms with van der Waals surface area (Å²) in [4.78, 5) is 26.0. The Hall–Kier alpha value is -3.02. The second kappa shape index (κ2) is 8.38. The number of para-hydroxylation sites is 1. The van der Waals surface area contributed by atoms with E-state index >= 15 is 0 Å². The van der Waals surface area contributed by atoms with Gasteiger partial charge >= 0.3 is 0 Å². The normalized spacial score (nSPS) is 10.2. The number of rotatable bonds is 6. The Kier molecular flexibility index (Phi) is 6.22. The SMILES string of the molecule is COc1cccc(C(=O)N(C)C)c1OCC(=O)Nc1ccc(C)c(C)c1. The molecule has 0 unspecified atom stereocenters. The quantitative estimate of drug-likeness (QED) is 0.864. The second-order valence-corrected chi connectivity index (χ2v) is 6.17. The molecule has 0 spiro atoms. The largest absolute Gasteiger partial charge is 0.493 e. The van der Waals surface area contributed by atoms with Crippen molar-refractivity contribution < 1.29 is 19.1 Å². The first-order valence-corrected chi connectivity index (χ1v) is 8.22. The molecular weight excluding hydrogens is 332 g/mol. The van der Waals surface area contributed by atoms with Gasteiger partial charge in [0, 0.05) is 19.8 Å². The van der Waals surface area contributed by atoms with E-state index in [1.165, 1.54) is 12.0 Å². The number of ether oxygens (including phenoxy) is 2. The van der Waals surface area contributed by atoms with Crippen molar-refractivity contribution >= 4 is 17.5 Å². The molecule has 0 heterocycles. The van der Waals surface area contributed by atoms with Crippen LogP contribution >= 0.6 is 0 Å². The number of carbonyl (C=O) groups is 2. The summed E-state index contributed by atoms with van der Waals surface area (Å²) in [7, 11) is 4.79. The molecular formula is C20H24N2O4. The van der Waals surface area contributed by atoms with E-state index in [0.717, 1.165) is 11.1 Å². The Balaban J connectivity index is 2.13. The highest BCUT2D eigenvalue weighted by molar-refractivity contribution is 5.98. The van der Waals surface area contributed by atoms with Gasteiger partial charge in [0.05, 0.1) is 12.7 Å². The van der Waals surface area contributed by atoms with Crippen LogP contribution in [0.25, 0.3) is 0 Å². The second-order valence-electron chi connectivity index (χ2n) is 6.17. The van der Waals surface area contributed by atoms with Gasteiger partial charge in [0.1, 0.15) is 0 Å². The van der Waals surface area contributed by atoms with Gasteiger partial charge in [0.15, 0.2) is 18.1 Å². The van der Waals surface area contributed by atoms with Crippen LogP contribution in [0.2, 0.25) is 0 Å². The van der Waals surface area contributed by atoms with E-state index in [0.29, 0.717) is 17.0 Å². The predicted molar refractivity (Wildman–Crippen MR) is 101 cm³/mol. The fraction of sp³-hybridized carbons (Fsp3) is 0.300. The van der Waals surface area contributed by atoms with Crippen molar-refractivity contribution in [3.63, 3.8) is 0 Å². The summed E-state index contributed by atoms with van der Waals surface area (Å²) < 4.78 is 10.9. The molecule has 138 valence electrons. The maximum Gasteiger partial charge on any atom is 0.262 e. The van der Waals surface area contributed by atoms with E-state index in [9.17, 15) is 9.59 Å². The lowest BCUT2D eigenvalue weighted by atomic mass is 10.1. The number of aryl methyl sites for hydroxylation is 2. The van der Waals surface area contributed by atoms with Crippen molar-refractivity contribution in [2.75, 3.05) is 33.1 Å². The Morgan fingerprint density at radius 3 is 2.42 bits per heavy atom. The van der Waals surface area contributed by atoms with Crippen LogP contribution in [0, 0.1) is 13.8 Å². The fourth-order valence-corrected chi connectivity index (χ4v) is 2.39. The fourth-order valence-electron chi connectivity index (χ4n) is 2.39. The third-order valence-electron chi connectivity index (χ3n) is 3.97. The Morgan fingerprint density at radius 2 is 1.81 bits per heavy atom. The molecule has 0 saturated heterocycles. The molecule has 26 heavy (non-hydrogen) atoms. The van der Waals surface area contributed by atoms with Crippen LogP contribution in [0.15, 0.2) is 36.4 Å². The molecule has 1 N–H and O–H groups in total. The third kappa shape index (κ3) is 4.53. The lowest BCUT2D eigenvalue weighted by molar-refractivity contribution is -0.118. The molecule has 2 aromatic carbocycles. The molecule has 0 radical (unpaired) electrons. The summed E-state index contributed by atoms with van der Waals surface area (Å²) in [5.74, 6) is 0.108. The van der Waals surface area contributed by atoms with Crippen molar-refractivity contribution in [1.82, 2.24) is 4.90 Å². The lowest BCUT2D eigenvalue weighted by Gasteiger charge is -2.17. The molecule has 2 aromatic rings. The van der Waals surface area contributed by atoms with Crippen LogP contribution in [0.1, 0.15) is 21.5 Å². The standard InChI is InChI=1S/C20H24N2O4/c1-13-9-10-15(11-14(13)2)21-18(23)12-26-19-16(20(24)22(3)4)7-6-8-17(19)25-5/h6-11H,12H2,1-5H3,(H,21,23). The monoisotopic (exact) mass is 356 g/mol. The van der Waals surface area contributed by atoms with Gasteiger partial charge in [0.2, 0.25) is 0 Å². The Morgan fingerprint density at radius 1 is 1.08 bits per heavy atom. The molecule has 0 aliphatic carbocycles. The number of nitrogens with one attached hydrogen (secondary N) is 1. The average molecular weight is 356 g/mol. The average Bonchev–Trinajstić information content (AvgIpc) is 2.62. The summed E-state index contributed by atoms with van der Waals surface area (Å²) in [6.07, 6.45) is 0. The Labute approximate surface area is 153 Å². The minimum absolute atomic E-state index is 0.228. The van der Waals surface area contributed by atoms with Gasteiger partial charge in [-0.3, -0.25) is 9.59 Å². The summed E-state index contributed by atoms with van der Waals surface area (Å²) in [6, 6.07) is 10.7. The summed E-state index contributed by atoms with van der Waals surface area (Å²) in [5, 5.41) is 2.79. The summed E-state index contributed by atoms with van der Waals surface area (Å²) in [5.41, 5.74) is 3.28. The molecule has 6 nitrogen and oxygen atoms in total. The molecule has 2 rings (SSSR count). The zero-order chi connectivity index (χ0) is 19.3. The number of anilines is 1. The number of methoxy groups -OCH3 is 1. The van der Waals surface area contributed by atoms with Gasteiger partial charge in [-0.1, -0.05) is 12.1 Å². The number of benzene rings is 2. The molecule has 0 fully saturated rings. The molecule has 2 amide bonds. The molecule has 0 aliphatic rings. The summed E-state index contributed by atoms with van der Waals surface area (Å²) in [6.45, 7) is 3.76. The number of nitrogens with zero attached hydrogens (tertiary/aromatic N) is 1. The number of hydrogen-bond acceptors (Lipinski definition) is 4. The first-order chi connectivity index (χ1) is 12.3. The van der Waals surface area contributed by atoms with Crippen LogP contribution in [0.4, 0.5) is 5.69 Å². The van der Waals surface area contributed by atoms with Crippen molar-refractivity contribution in [3.8, 4) is 11.5 Å². The van der Waals surface area contributed by atoms with Crippen molar-refractivity contribution in [2.24, 2.45) is 0 Å². The molecule has 0 atom stereocenters. The first kappa shape index (κ1) is 19.3. The summed E-state index contributed by atoms with van der Waals surface area (Å²) >= 11 is 0. The maximum absolute atomic E-state index is 12.3. The number of hydrogen-bond donors (Lipinski definition) is 1. The van der Waals surface area contributed by atoms with Crippen LogP contribution < -0.4 is 14.8 Å². The van der Waals surface area contributed by atoms with Gasteiger partial charge < -0.3 is 19.7 Å². The predicted octanol–water partition coefficient (Wildman–Crippen LogP) is 3.03. The first-order valence-electron chi connectivity index (χ1n) is 8.22. The highest BCUT2D eigenvalue weighted by Gasteiger charge is 2.19.